The van der Waals surface area contributed by atoms with Crippen LogP contribution in [0.25, 0.3) is 5.69 Å². The molecular formula is C8H6FIN4. The zero-order chi connectivity index (χ0) is 10.1. The number of nitrogen functional groups attached to an aromatic ring is 1. The SMILES string of the molecule is Nc1cc(I)c(F)cc1-n1cncn1. The van der Waals surface area contributed by atoms with Crippen LogP contribution in [-0.2, 0) is 0 Å². The smallest absolute Gasteiger partial charge is 0.138 e. The first-order chi connectivity index (χ1) is 6.68. The van der Waals surface area contributed by atoms with Gasteiger partial charge in [-0.25, -0.2) is 14.1 Å². The summed E-state index contributed by atoms with van der Waals surface area (Å²) in [4.78, 5) is 3.76. The van der Waals surface area contributed by atoms with Crippen molar-refractivity contribution in [1.82, 2.24) is 14.8 Å². The second kappa shape index (κ2) is 3.52. The molecule has 0 saturated carbocycles. The Hall–Kier alpha value is -1.18. The summed E-state index contributed by atoms with van der Waals surface area (Å²) in [6.07, 6.45) is 2.84. The van der Waals surface area contributed by atoms with E-state index in [2.05, 4.69) is 10.1 Å². The van der Waals surface area contributed by atoms with Crippen molar-refractivity contribution in [2.45, 2.75) is 0 Å². The van der Waals surface area contributed by atoms with Crippen molar-refractivity contribution in [3.63, 3.8) is 0 Å². The summed E-state index contributed by atoms with van der Waals surface area (Å²) in [6.45, 7) is 0. The quantitative estimate of drug-likeness (QED) is 0.643. The predicted octanol–water partition coefficient (Wildman–Crippen LogP) is 1.59. The van der Waals surface area contributed by atoms with Crippen LogP contribution >= 0.6 is 22.6 Å². The van der Waals surface area contributed by atoms with E-state index in [1.807, 2.05) is 22.6 Å². The van der Waals surface area contributed by atoms with Gasteiger partial charge in [0.05, 0.1) is 14.9 Å². The molecule has 0 aliphatic carbocycles. The van der Waals surface area contributed by atoms with Crippen molar-refractivity contribution in [2.75, 3.05) is 5.73 Å². The summed E-state index contributed by atoms with van der Waals surface area (Å²) in [6, 6.07) is 2.90. The Labute approximate surface area is 93.1 Å². The maximum atomic E-state index is 13.2. The number of hydrogen-bond donors (Lipinski definition) is 1. The molecule has 0 fully saturated rings. The van der Waals surface area contributed by atoms with Crippen LogP contribution < -0.4 is 5.73 Å². The minimum absolute atomic E-state index is 0.315. The standard InChI is InChI=1S/C8H6FIN4/c9-5-1-8(7(11)2-6(5)10)14-4-12-3-13-14/h1-4H,11H2. The number of nitrogens with zero attached hydrogens (tertiary/aromatic N) is 3. The Balaban J connectivity index is 2.60. The van der Waals surface area contributed by atoms with Crippen molar-refractivity contribution < 1.29 is 4.39 Å². The Morgan fingerprint density at radius 3 is 2.86 bits per heavy atom. The van der Waals surface area contributed by atoms with Gasteiger partial charge >= 0.3 is 0 Å². The van der Waals surface area contributed by atoms with Crippen molar-refractivity contribution in [2.24, 2.45) is 0 Å². The molecule has 72 valence electrons. The molecule has 0 aliphatic heterocycles. The minimum Gasteiger partial charge on any atom is -0.397 e. The van der Waals surface area contributed by atoms with Gasteiger partial charge in [-0.15, -0.1) is 0 Å². The maximum absolute atomic E-state index is 13.2. The van der Waals surface area contributed by atoms with Gasteiger partial charge in [-0.1, -0.05) is 0 Å². The first kappa shape index (κ1) is 9.38. The average Bonchev–Trinajstić information content (AvgIpc) is 2.64. The van der Waals surface area contributed by atoms with Crippen molar-refractivity contribution in [1.29, 1.82) is 0 Å². The molecule has 2 N–H and O–H groups in total. The number of nitrogens with two attached hydrogens (primary N) is 1. The molecular weight excluding hydrogens is 298 g/mol. The summed E-state index contributed by atoms with van der Waals surface area (Å²) in [5, 5.41) is 3.87. The number of benzene rings is 1. The highest BCUT2D eigenvalue weighted by Gasteiger charge is 2.07. The highest BCUT2D eigenvalue weighted by molar-refractivity contribution is 14.1. The molecule has 2 rings (SSSR count). The first-order valence-electron chi connectivity index (χ1n) is 3.78. The Morgan fingerprint density at radius 1 is 1.43 bits per heavy atom. The van der Waals surface area contributed by atoms with Crippen LogP contribution in [0.15, 0.2) is 24.8 Å². The highest BCUT2D eigenvalue weighted by Crippen LogP contribution is 2.21. The molecule has 0 spiro atoms. The molecule has 0 atom stereocenters. The van der Waals surface area contributed by atoms with Gasteiger partial charge in [0.1, 0.15) is 18.5 Å². The van der Waals surface area contributed by atoms with Gasteiger partial charge in [-0.2, -0.15) is 5.10 Å². The summed E-state index contributed by atoms with van der Waals surface area (Å²) in [5.74, 6) is -0.315. The van der Waals surface area contributed by atoms with Crippen LogP contribution in [0.2, 0.25) is 0 Å². The van der Waals surface area contributed by atoms with Gasteiger partial charge in [-0.3, -0.25) is 0 Å². The Kier molecular flexibility index (Phi) is 2.36. The second-order valence-electron chi connectivity index (χ2n) is 2.67. The second-order valence-corrected chi connectivity index (χ2v) is 3.83. The number of hydrogen-bond acceptors (Lipinski definition) is 3. The van der Waals surface area contributed by atoms with Crippen LogP contribution in [0.5, 0.6) is 0 Å². The van der Waals surface area contributed by atoms with E-state index < -0.39 is 0 Å². The average molecular weight is 304 g/mol. The zero-order valence-corrected chi connectivity index (χ0v) is 9.14. The molecule has 1 heterocycles. The fraction of sp³-hybridized carbons (Fsp3) is 0. The van der Waals surface area contributed by atoms with Gasteiger partial charge in [-0.05, 0) is 28.7 Å². The molecule has 0 aliphatic rings. The molecule has 1 aromatic carbocycles. The van der Waals surface area contributed by atoms with E-state index in [1.54, 1.807) is 6.07 Å². The molecule has 4 nitrogen and oxygen atoms in total. The number of anilines is 1. The third-order valence-corrected chi connectivity index (χ3v) is 2.56. The van der Waals surface area contributed by atoms with Gasteiger partial charge in [0.2, 0.25) is 0 Å². The molecule has 14 heavy (non-hydrogen) atoms. The fourth-order valence-electron chi connectivity index (χ4n) is 1.08. The van der Waals surface area contributed by atoms with E-state index in [9.17, 15) is 4.39 Å². The summed E-state index contributed by atoms with van der Waals surface area (Å²) in [5.41, 5.74) is 6.70. The van der Waals surface area contributed by atoms with Gasteiger partial charge in [0.15, 0.2) is 0 Å². The van der Waals surface area contributed by atoms with E-state index >= 15 is 0 Å². The van der Waals surface area contributed by atoms with Crippen LogP contribution in [-0.4, -0.2) is 14.8 Å². The molecule has 0 unspecified atom stereocenters. The van der Waals surface area contributed by atoms with E-state index in [0.717, 1.165) is 0 Å². The Morgan fingerprint density at radius 2 is 2.21 bits per heavy atom. The Bertz CT molecular complexity index is 455. The maximum Gasteiger partial charge on any atom is 0.138 e. The minimum atomic E-state index is -0.315. The lowest BCUT2D eigenvalue weighted by Gasteiger charge is -2.05. The summed E-state index contributed by atoms with van der Waals surface area (Å²) >= 11 is 1.88. The lowest BCUT2D eigenvalue weighted by atomic mass is 10.2. The van der Waals surface area contributed by atoms with Crippen LogP contribution in [0.1, 0.15) is 0 Å². The molecule has 0 saturated heterocycles. The summed E-state index contributed by atoms with van der Waals surface area (Å²) in [7, 11) is 0. The largest absolute Gasteiger partial charge is 0.397 e. The van der Waals surface area contributed by atoms with Crippen LogP contribution in [0.4, 0.5) is 10.1 Å². The number of aromatic nitrogens is 3. The molecule has 6 heteroatoms. The third-order valence-electron chi connectivity index (χ3n) is 1.74. The van der Waals surface area contributed by atoms with Gasteiger partial charge in [0, 0.05) is 6.07 Å². The lowest BCUT2D eigenvalue weighted by molar-refractivity contribution is 0.618. The monoisotopic (exact) mass is 304 g/mol. The predicted molar refractivity (Wildman–Crippen MR) is 58.4 cm³/mol. The van der Waals surface area contributed by atoms with Crippen molar-refractivity contribution in [3.8, 4) is 5.69 Å². The van der Waals surface area contributed by atoms with Crippen LogP contribution in [0.3, 0.4) is 0 Å². The topological polar surface area (TPSA) is 56.7 Å². The van der Waals surface area contributed by atoms with Crippen molar-refractivity contribution in [3.05, 3.63) is 34.2 Å². The highest BCUT2D eigenvalue weighted by atomic mass is 127. The lowest BCUT2D eigenvalue weighted by Crippen LogP contribution is -2.02. The van der Waals surface area contributed by atoms with Crippen molar-refractivity contribution >= 4 is 28.3 Å². The molecule has 1 aromatic heterocycles. The normalized spacial score (nSPS) is 10.4. The van der Waals surface area contributed by atoms with Gasteiger partial charge in [0.25, 0.3) is 0 Å². The molecule has 0 bridgehead atoms. The molecule has 0 amide bonds. The molecule has 0 radical (unpaired) electrons. The van der Waals surface area contributed by atoms with Crippen LogP contribution in [0, 0.1) is 9.39 Å². The van der Waals surface area contributed by atoms with E-state index in [-0.39, 0.29) is 5.82 Å². The number of rotatable bonds is 1. The molecule has 2 aromatic rings. The summed E-state index contributed by atoms with van der Waals surface area (Å²) < 4.78 is 15.1. The first-order valence-corrected chi connectivity index (χ1v) is 4.86. The zero-order valence-electron chi connectivity index (χ0n) is 6.98. The van der Waals surface area contributed by atoms with E-state index in [0.29, 0.717) is 14.9 Å². The van der Waals surface area contributed by atoms with E-state index in [4.69, 9.17) is 5.73 Å². The third kappa shape index (κ3) is 1.57. The fourth-order valence-corrected chi connectivity index (χ4v) is 1.57. The van der Waals surface area contributed by atoms with Gasteiger partial charge < -0.3 is 5.73 Å². The van der Waals surface area contributed by atoms with E-state index in [1.165, 1.54) is 23.4 Å². The number of halogens is 2.